The number of sulfonamides is 1. The number of ether oxygens (including phenoxy) is 1. The van der Waals surface area contributed by atoms with Gasteiger partial charge in [-0.05, 0) is 36.6 Å². The fraction of sp³-hybridized carbons (Fsp3) is 0.684. The van der Waals surface area contributed by atoms with E-state index in [9.17, 15) is 8.42 Å². The Bertz CT molecular complexity index is 627. The second kappa shape index (κ2) is 9.67. The molecule has 3 rings (SSSR count). The summed E-state index contributed by atoms with van der Waals surface area (Å²) in [4.78, 5) is 2.83. The number of benzene rings is 1. The van der Waals surface area contributed by atoms with Gasteiger partial charge in [-0.15, -0.1) is 0 Å². The van der Waals surface area contributed by atoms with E-state index in [2.05, 4.69) is 11.8 Å². The molecule has 2 aliphatic heterocycles. The lowest BCUT2D eigenvalue weighted by Crippen LogP contribution is -2.40. The molecular formula is C19H32N2O3S. The molecule has 0 bridgehead atoms. The van der Waals surface area contributed by atoms with E-state index < -0.39 is 10.0 Å². The number of hydrogen-bond donors (Lipinski definition) is 0. The third kappa shape index (κ3) is 5.26. The summed E-state index contributed by atoms with van der Waals surface area (Å²) in [6.07, 6.45) is 2.48. The third-order valence-corrected chi connectivity index (χ3v) is 6.75. The van der Waals surface area contributed by atoms with Crippen molar-refractivity contribution in [3.05, 3.63) is 29.8 Å². The molecule has 1 atom stereocenters. The van der Waals surface area contributed by atoms with Gasteiger partial charge in [-0.3, -0.25) is 4.90 Å². The third-order valence-electron chi connectivity index (χ3n) is 4.86. The molecule has 2 heterocycles. The van der Waals surface area contributed by atoms with Crippen molar-refractivity contribution in [2.24, 2.45) is 5.92 Å². The van der Waals surface area contributed by atoms with E-state index in [1.54, 1.807) is 6.07 Å². The number of hydrogen-bond acceptors (Lipinski definition) is 4. The van der Waals surface area contributed by atoms with Crippen molar-refractivity contribution >= 4 is 10.0 Å². The lowest BCUT2D eigenvalue weighted by molar-refractivity contribution is 0.0730. The second-order valence-corrected chi connectivity index (χ2v) is 8.40. The highest BCUT2D eigenvalue weighted by Gasteiger charge is 2.27. The van der Waals surface area contributed by atoms with E-state index in [4.69, 9.17) is 4.74 Å². The van der Waals surface area contributed by atoms with Crippen LogP contribution in [0.2, 0.25) is 0 Å². The molecule has 0 aliphatic carbocycles. The Morgan fingerprint density at radius 1 is 1.16 bits per heavy atom. The molecule has 2 saturated heterocycles. The average Bonchev–Trinajstić information content (AvgIpc) is 3.12. The molecule has 1 unspecified atom stereocenters. The van der Waals surface area contributed by atoms with Crippen LogP contribution in [-0.2, 0) is 21.3 Å². The molecule has 0 radical (unpaired) electrons. The van der Waals surface area contributed by atoms with Gasteiger partial charge in [0.15, 0.2) is 0 Å². The van der Waals surface area contributed by atoms with Crippen LogP contribution in [0.4, 0.5) is 0 Å². The predicted molar refractivity (Wildman–Crippen MR) is 101 cm³/mol. The van der Waals surface area contributed by atoms with E-state index in [0.717, 1.165) is 31.1 Å². The van der Waals surface area contributed by atoms with Crippen LogP contribution in [0.1, 0.15) is 39.2 Å². The topological polar surface area (TPSA) is 49.9 Å². The van der Waals surface area contributed by atoms with Crippen molar-refractivity contribution in [1.82, 2.24) is 9.21 Å². The minimum Gasteiger partial charge on any atom is -0.379 e. The standard InChI is InChI=1S/C17H26N2O3S.C2H6/c1-2-15-6-7-18(13-15)14-16-4-3-5-17(12-16)23(20,21)19-8-10-22-11-9-19;1-2/h3-5,12,15H,2,6-11,13-14H2,1H3;1-2H3. The highest BCUT2D eigenvalue weighted by atomic mass is 32.2. The van der Waals surface area contributed by atoms with Crippen molar-refractivity contribution < 1.29 is 13.2 Å². The largest absolute Gasteiger partial charge is 0.379 e. The van der Waals surface area contributed by atoms with E-state index in [0.29, 0.717) is 31.2 Å². The van der Waals surface area contributed by atoms with Gasteiger partial charge in [0, 0.05) is 26.2 Å². The van der Waals surface area contributed by atoms with Gasteiger partial charge < -0.3 is 4.74 Å². The summed E-state index contributed by atoms with van der Waals surface area (Å²) in [6.45, 7) is 11.1. The van der Waals surface area contributed by atoms with Gasteiger partial charge in [0.2, 0.25) is 10.0 Å². The summed E-state index contributed by atoms with van der Waals surface area (Å²) >= 11 is 0. The molecular weight excluding hydrogens is 336 g/mol. The van der Waals surface area contributed by atoms with Crippen molar-refractivity contribution in [3.63, 3.8) is 0 Å². The zero-order valence-electron chi connectivity index (χ0n) is 15.8. The van der Waals surface area contributed by atoms with Crippen molar-refractivity contribution in [3.8, 4) is 0 Å². The van der Waals surface area contributed by atoms with Gasteiger partial charge in [-0.25, -0.2) is 8.42 Å². The van der Waals surface area contributed by atoms with Crippen LogP contribution in [0.15, 0.2) is 29.2 Å². The second-order valence-electron chi connectivity index (χ2n) is 6.46. The van der Waals surface area contributed by atoms with Crippen LogP contribution >= 0.6 is 0 Å². The lowest BCUT2D eigenvalue weighted by Gasteiger charge is -2.26. The Balaban J connectivity index is 0.00000109. The van der Waals surface area contributed by atoms with Gasteiger partial charge in [0.1, 0.15) is 0 Å². The van der Waals surface area contributed by atoms with Crippen LogP contribution in [0.5, 0.6) is 0 Å². The quantitative estimate of drug-likeness (QED) is 0.802. The number of likely N-dealkylation sites (tertiary alicyclic amines) is 1. The molecule has 0 N–H and O–H groups in total. The molecule has 0 saturated carbocycles. The molecule has 142 valence electrons. The van der Waals surface area contributed by atoms with Crippen LogP contribution in [0.3, 0.4) is 0 Å². The summed E-state index contributed by atoms with van der Waals surface area (Å²) in [5, 5.41) is 0. The maximum absolute atomic E-state index is 12.7. The Kier molecular flexibility index (Phi) is 7.87. The SMILES string of the molecule is CC.CCC1CCN(Cc2cccc(S(=O)(=O)N3CCOCC3)c2)C1. The fourth-order valence-corrected chi connectivity index (χ4v) is 4.87. The number of morpholine rings is 1. The first-order chi connectivity index (χ1) is 12.1. The Labute approximate surface area is 153 Å². The first-order valence-corrected chi connectivity index (χ1v) is 10.9. The normalized spacial score (nSPS) is 22.4. The monoisotopic (exact) mass is 368 g/mol. The summed E-state index contributed by atoms with van der Waals surface area (Å²) in [7, 11) is -3.40. The van der Waals surface area contributed by atoms with Crippen LogP contribution in [0.25, 0.3) is 0 Å². The first kappa shape index (κ1) is 20.4. The van der Waals surface area contributed by atoms with Gasteiger partial charge in [-0.2, -0.15) is 4.31 Å². The van der Waals surface area contributed by atoms with E-state index in [-0.39, 0.29) is 0 Å². The zero-order valence-corrected chi connectivity index (χ0v) is 16.6. The molecule has 25 heavy (non-hydrogen) atoms. The zero-order chi connectivity index (χ0) is 18.3. The molecule has 2 aliphatic rings. The van der Waals surface area contributed by atoms with Crippen molar-refractivity contribution in [2.45, 2.75) is 45.1 Å². The predicted octanol–water partition coefficient (Wildman–Crippen LogP) is 2.97. The first-order valence-electron chi connectivity index (χ1n) is 9.49. The van der Waals surface area contributed by atoms with Crippen LogP contribution in [-0.4, -0.2) is 57.0 Å². The minimum atomic E-state index is -3.40. The number of rotatable bonds is 5. The van der Waals surface area contributed by atoms with Crippen molar-refractivity contribution in [2.75, 3.05) is 39.4 Å². The smallest absolute Gasteiger partial charge is 0.243 e. The minimum absolute atomic E-state index is 0.406. The number of nitrogens with zero attached hydrogens (tertiary/aromatic N) is 2. The van der Waals surface area contributed by atoms with Crippen LogP contribution in [0, 0.1) is 5.92 Å². The summed E-state index contributed by atoms with van der Waals surface area (Å²) in [6, 6.07) is 7.42. The molecule has 1 aromatic carbocycles. The summed E-state index contributed by atoms with van der Waals surface area (Å²) < 4.78 is 32.2. The molecule has 5 nitrogen and oxygen atoms in total. The summed E-state index contributed by atoms with van der Waals surface area (Å²) in [5.74, 6) is 0.787. The average molecular weight is 369 g/mol. The Morgan fingerprint density at radius 3 is 2.52 bits per heavy atom. The highest BCUT2D eigenvalue weighted by Crippen LogP contribution is 2.23. The van der Waals surface area contributed by atoms with E-state index >= 15 is 0 Å². The van der Waals surface area contributed by atoms with Crippen molar-refractivity contribution in [1.29, 1.82) is 0 Å². The molecule has 0 aromatic heterocycles. The maximum Gasteiger partial charge on any atom is 0.243 e. The lowest BCUT2D eigenvalue weighted by atomic mass is 10.1. The maximum atomic E-state index is 12.7. The molecule has 1 aromatic rings. The molecule has 0 spiro atoms. The Hall–Kier alpha value is -0.950. The van der Waals surface area contributed by atoms with Gasteiger partial charge >= 0.3 is 0 Å². The van der Waals surface area contributed by atoms with Gasteiger partial charge in [-0.1, -0.05) is 39.3 Å². The summed E-state index contributed by atoms with van der Waals surface area (Å²) in [5.41, 5.74) is 1.08. The van der Waals surface area contributed by atoms with Gasteiger partial charge in [0.25, 0.3) is 0 Å². The molecule has 6 heteroatoms. The highest BCUT2D eigenvalue weighted by molar-refractivity contribution is 7.89. The molecule has 0 amide bonds. The van der Waals surface area contributed by atoms with Crippen LogP contribution < -0.4 is 0 Å². The van der Waals surface area contributed by atoms with Gasteiger partial charge in [0.05, 0.1) is 18.1 Å². The van der Waals surface area contributed by atoms with E-state index in [1.807, 2.05) is 32.0 Å². The fourth-order valence-electron chi connectivity index (χ4n) is 3.39. The van der Waals surface area contributed by atoms with E-state index in [1.165, 1.54) is 17.1 Å². The molecule has 2 fully saturated rings. The Morgan fingerprint density at radius 2 is 1.88 bits per heavy atom.